The van der Waals surface area contributed by atoms with Gasteiger partial charge in [-0.05, 0) is 36.4 Å². The second-order valence-corrected chi connectivity index (χ2v) is 5.84. The molecule has 150 valence electrons. The number of carbonyl (C=O) groups excluding carboxylic acids is 1. The summed E-state index contributed by atoms with van der Waals surface area (Å²) in [5.74, 6) is -0.720. The van der Waals surface area contributed by atoms with Crippen LogP contribution in [0.5, 0.6) is 0 Å². The van der Waals surface area contributed by atoms with Crippen LogP contribution < -0.4 is 16.4 Å². The molecule has 10 heteroatoms. The van der Waals surface area contributed by atoms with E-state index in [9.17, 15) is 9.18 Å². The number of esters is 1. The van der Waals surface area contributed by atoms with Crippen LogP contribution in [0.15, 0.2) is 48.5 Å². The van der Waals surface area contributed by atoms with Crippen LogP contribution in [0.2, 0.25) is 0 Å². The highest BCUT2D eigenvalue weighted by Crippen LogP contribution is 2.17. The fourth-order valence-corrected chi connectivity index (χ4v) is 2.43. The number of nitrogens with one attached hydrogen (secondary N) is 2. The molecule has 0 bridgehead atoms. The molecule has 29 heavy (non-hydrogen) atoms. The van der Waals surface area contributed by atoms with Gasteiger partial charge in [0.05, 0.1) is 12.2 Å². The monoisotopic (exact) mass is 398 g/mol. The first kappa shape index (κ1) is 20.0. The number of aliphatic hydroxyl groups excluding tert-OH is 1. The molecule has 0 aliphatic rings. The van der Waals surface area contributed by atoms with E-state index in [-0.39, 0.29) is 36.8 Å². The number of halogens is 1. The van der Waals surface area contributed by atoms with E-state index in [4.69, 9.17) is 15.6 Å². The third-order valence-electron chi connectivity index (χ3n) is 3.71. The molecule has 3 aromatic rings. The van der Waals surface area contributed by atoms with E-state index in [1.54, 1.807) is 24.3 Å². The van der Waals surface area contributed by atoms with E-state index in [2.05, 4.69) is 25.6 Å². The standard InChI is InChI=1S/C19H19FN6O3/c20-12-5-7-13(8-6-12)23-19-25-16(24-18(21)26-19)11-29-17(28)14-3-1-2-4-15(14)22-9-10-27/h1-8,22,27H,9-11H2,(H3,21,23,24,25,26). The number of rotatable bonds is 8. The summed E-state index contributed by atoms with van der Waals surface area (Å²) in [6.07, 6.45) is 0. The number of para-hydroxylation sites is 1. The van der Waals surface area contributed by atoms with Gasteiger partial charge < -0.3 is 26.2 Å². The lowest BCUT2D eigenvalue weighted by molar-refractivity contribution is 0.0463. The van der Waals surface area contributed by atoms with Crippen LogP contribution >= 0.6 is 0 Å². The lowest BCUT2D eigenvalue weighted by Crippen LogP contribution is -2.14. The Morgan fingerprint density at radius 1 is 1.10 bits per heavy atom. The molecule has 1 heterocycles. The summed E-state index contributed by atoms with van der Waals surface area (Å²) in [6.45, 7) is 0.00202. The van der Waals surface area contributed by atoms with Gasteiger partial charge in [0, 0.05) is 17.9 Å². The lowest BCUT2D eigenvalue weighted by atomic mass is 10.2. The van der Waals surface area contributed by atoms with Gasteiger partial charge >= 0.3 is 5.97 Å². The van der Waals surface area contributed by atoms with E-state index >= 15 is 0 Å². The fraction of sp³-hybridized carbons (Fsp3) is 0.158. The molecule has 1 aromatic heterocycles. The topological polar surface area (TPSA) is 135 Å². The van der Waals surface area contributed by atoms with Crippen molar-refractivity contribution in [2.75, 3.05) is 29.5 Å². The van der Waals surface area contributed by atoms with Crippen molar-refractivity contribution >= 4 is 29.2 Å². The number of aliphatic hydroxyl groups is 1. The number of hydrogen-bond acceptors (Lipinski definition) is 9. The van der Waals surface area contributed by atoms with E-state index in [1.165, 1.54) is 24.3 Å². The van der Waals surface area contributed by atoms with Gasteiger partial charge in [-0.3, -0.25) is 0 Å². The minimum Gasteiger partial charge on any atom is -0.454 e. The molecule has 2 aromatic carbocycles. The summed E-state index contributed by atoms with van der Waals surface area (Å²) in [6, 6.07) is 12.4. The van der Waals surface area contributed by atoms with Crippen molar-refractivity contribution in [3.63, 3.8) is 0 Å². The number of anilines is 4. The Morgan fingerprint density at radius 3 is 2.62 bits per heavy atom. The van der Waals surface area contributed by atoms with E-state index < -0.39 is 5.97 Å². The second kappa shape index (κ2) is 9.42. The molecular weight excluding hydrogens is 379 g/mol. The van der Waals surface area contributed by atoms with Crippen LogP contribution in [0.25, 0.3) is 0 Å². The zero-order valence-corrected chi connectivity index (χ0v) is 15.3. The van der Waals surface area contributed by atoms with Crippen LogP contribution in [-0.4, -0.2) is 39.2 Å². The Bertz CT molecular complexity index is 984. The molecule has 0 spiro atoms. The maximum absolute atomic E-state index is 13.0. The number of nitrogens with two attached hydrogens (primary N) is 1. The molecule has 3 rings (SSSR count). The quantitative estimate of drug-likeness (QED) is 0.421. The largest absolute Gasteiger partial charge is 0.454 e. The summed E-state index contributed by atoms with van der Waals surface area (Å²) in [5, 5.41) is 14.8. The minimum absolute atomic E-state index is 0.0549. The van der Waals surface area contributed by atoms with Crippen molar-refractivity contribution in [3.8, 4) is 0 Å². The first-order chi connectivity index (χ1) is 14.0. The number of benzene rings is 2. The van der Waals surface area contributed by atoms with Crippen LogP contribution in [0.1, 0.15) is 16.2 Å². The number of hydrogen-bond donors (Lipinski definition) is 4. The number of ether oxygens (including phenoxy) is 1. The molecule has 0 saturated heterocycles. The number of nitrogen functional groups attached to an aromatic ring is 1. The molecule has 0 saturated carbocycles. The normalized spacial score (nSPS) is 10.4. The van der Waals surface area contributed by atoms with E-state index in [0.29, 0.717) is 23.5 Å². The summed E-state index contributed by atoms with van der Waals surface area (Å²) in [7, 11) is 0. The van der Waals surface area contributed by atoms with Gasteiger partial charge in [-0.25, -0.2) is 9.18 Å². The number of aromatic nitrogens is 3. The highest BCUT2D eigenvalue weighted by atomic mass is 19.1. The average molecular weight is 398 g/mol. The van der Waals surface area contributed by atoms with Gasteiger partial charge in [0.15, 0.2) is 12.4 Å². The van der Waals surface area contributed by atoms with E-state index in [0.717, 1.165) is 0 Å². The first-order valence-corrected chi connectivity index (χ1v) is 8.69. The Morgan fingerprint density at radius 2 is 1.86 bits per heavy atom. The van der Waals surface area contributed by atoms with Crippen molar-refractivity contribution in [1.82, 2.24) is 15.0 Å². The fourth-order valence-electron chi connectivity index (χ4n) is 2.43. The Kier molecular flexibility index (Phi) is 6.48. The smallest absolute Gasteiger partial charge is 0.340 e. The molecule has 0 amide bonds. The maximum Gasteiger partial charge on any atom is 0.340 e. The first-order valence-electron chi connectivity index (χ1n) is 8.69. The summed E-state index contributed by atoms with van der Waals surface area (Å²) in [5.41, 5.74) is 7.11. The van der Waals surface area contributed by atoms with Crippen LogP contribution in [-0.2, 0) is 11.3 Å². The molecule has 0 fully saturated rings. The van der Waals surface area contributed by atoms with Gasteiger partial charge in [0.1, 0.15) is 5.82 Å². The Balaban J connectivity index is 1.68. The molecule has 9 nitrogen and oxygen atoms in total. The van der Waals surface area contributed by atoms with E-state index in [1.807, 2.05) is 0 Å². The molecular formula is C19H19FN6O3. The van der Waals surface area contributed by atoms with Crippen molar-refractivity contribution in [1.29, 1.82) is 0 Å². The molecule has 0 radical (unpaired) electrons. The third kappa shape index (κ3) is 5.59. The summed E-state index contributed by atoms with van der Waals surface area (Å²) in [4.78, 5) is 24.5. The van der Waals surface area contributed by atoms with Crippen molar-refractivity contribution in [3.05, 3.63) is 65.7 Å². The Hall–Kier alpha value is -3.79. The van der Waals surface area contributed by atoms with Gasteiger partial charge in [0.25, 0.3) is 0 Å². The Labute approximate surface area is 165 Å². The van der Waals surface area contributed by atoms with Crippen molar-refractivity contribution < 1.29 is 19.0 Å². The van der Waals surface area contributed by atoms with Gasteiger partial charge in [-0.2, -0.15) is 15.0 Å². The summed E-state index contributed by atoms with van der Waals surface area (Å²) >= 11 is 0. The molecule has 0 aliphatic carbocycles. The van der Waals surface area contributed by atoms with Crippen LogP contribution in [0, 0.1) is 5.82 Å². The molecule has 0 aliphatic heterocycles. The SMILES string of the molecule is Nc1nc(COC(=O)c2ccccc2NCCO)nc(Nc2ccc(F)cc2)n1. The third-order valence-corrected chi connectivity index (χ3v) is 3.71. The van der Waals surface area contributed by atoms with Gasteiger partial charge in [-0.1, -0.05) is 12.1 Å². The van der Waals surface area contributed by atoms with Crippen molar-refractivity contribution in [2.45, 2.75) is 6.61 Å². The number of nitrogens with zero attached hydrogens (tertiary/aromatic N) is 3. The highest BCUT2D eigenvalue weighted by molar-refractivity contribution is 5.95. The van der Waals surface area contributed by atoms with Crippen LogP contribution in [0.4, 0.5) is 27.7 Å². The lowest BCUT2D eigenvalue weighted by Gasteiger charge is -2.11. The highest BCUT2D eigenvalue weighted by Gasteiger charge is 2.14. The average Bonchev–Trinajstić information content (AvgIpc) is 2.72. The maximum atomic E-state index is 13.0. The van der Waals surface area contributed by atoms with Gasteiger partial charge in [0.2, 0.25) is 11.9 Å². The second-order valence-electron chi connectivity index (χ2n) is 5.84. The predicted molar refractivity (Wildman–Crippen MR) is 105 cm³/mol. The molecule has 5 N–H and O–H groups in total. The summed E-state index contributed by atoms with van der Waals surface area (Å²) < 4.78 is 18.3. The van der Waals surface area contributed by atoms with Crippen LogP contribution in [0.3, 0.4) is 0 Å². The molecule has 0 atom stereocenters. The van der Waals surface area contributed by atoms with Gasteiger partial charge in [-0.15, -0.1) is 0 Å². The molecule has 0 unspecified atom stereocenters. The zero-order chi connectivity index (χ0) is 20.6. The minimum atomic E-state index is -0.585. The predicted octanol–water partition coefficient (Wildman–Crippen LogP) is 2.10. The van der Waals surface area contributed by atoms with Crippen molar-refractivity contribution in [2.24, 2.45) is 0 Å². The zero-order valence-electron chi connectivity index (χ0n) is 15.3. The number of carbonyl (C=O) groups is 1.